The number of allylic oxidation sites excluding steroid dienone is 4. The van der Waals surface area contributed by atoms with E-state index in [1.54, 1.807) is 22.3 Å². The second kappa shape index (κ2) is 16.9. The maximum absolute atomic E-state index is 3.72. The molecule has 1 atom stereocenters. The predicted molar refractivity (Wildman–Crippen MR) is 150 cm³/mol. The molecule has 0 N–H and O–H groups in total. The first-order valence-electron chi connectivity index (χ1n) is 12.3. The van der Waals surface area contributed by atoms with Crippen LogP contribution >= 0.6 is 0 Å². The summed E-state index contributed by atoms with van der Waals surface area (Å²) in [4.78, 5) is 0. The molecular formula is C34H40Ti. The van der Waals surface area contributed by atoms with E-state index in [9.17, 15) is 0 Å². The molecule has 1 unspecified atom stereocenters. The summed E-state index contributed by atoms with van der Waals surface area (Å²) >= 11 is 0. The molecule has 0 fully saturated rings. The predicted octanol–water partition coefficient (Wildman–Crippen LogP) is 9.65. The fraction of sp³-hybridized carbons (Fsp3) is 0.235. The van der Waals surface area contributed by atoms with Crippen molar-refractivity contribution in [3.05, 3.63) is 157 Å². The Morgan fingerprint density at radius 3 is 1.43 bits per heavy atom. The summed E-state index contributed by atoms with van der Waals surface area (Å²) in [5, 5.41) is 0. The molecule has 0 amide bonds. The van der Waals surface area contributed by atoms with E-state index in [0.29, 0.717) is 0 Å². The summed E-state index contributed by atoms with van der Waals surface area (Å²) in [6.07, 6.45) is 7.75. The zero-order chi connectivity index (χ0) is 24.8. The molecule has 0 radical (unpaired) electrons. The van der Waals surface area contributed by atoms with Gasteiger partial charge >= 0.3 is 21.7 Å². The van der Waals surface area contributed by atoms with Crippen LogP contribution in [0.5, 0.6) is 0 Å². The first-order valence-corrected chi connectivity index (χ1v) is 12.3. The molecule has 5 rings (SSSR count). The molecule has 0 heterocycles. The van der Waals surface area contributed by atoms with Crippen molar-refractivity contribution in [1.82, 2.24) is 0 Å². The molecule has 0 nitrogen and oxygen atoms in total. The van der Waals surface area contributed by atoms with E-state index in [1.807, 2.05) is 91.0 Å². The standard InChI is InChI=1S/C13H19.3C7H7.Ti/c1-4-11-9(2)10(3)12-7-5-6-8-13(11)12;3*1-7-5-3-2-4-6-7;/h7,11H,4-6,8H2,1-3H3;3*2-6H,1H2;/q4*-1;+4. The normalized spacial score (nSPS) is 15.5. The average Bonchev–Trinajstić information content (AvgIpc) is 3.11. The van der Waals surface area contributed by atoms with E-state index < -0.39 is 0 Å². The van der Waals surface area contributed by atoms with Crippen LogP contribution in [0.3, 0.4) is 0 Å². The van der Waals surface area contributed by atoms with Crippen LogP contribution in [-0.2, 0) is 21.7 Å². The Labute approximate surface area is 230 Å². The van der Waals surface area contributed by atoms with Crippen molar-refractivity contribution in [2.45, 2.75) is 46.5 Å². The van der Waals surface area contributed by atoms with E-state index in [0.717, 1.165) is 22.6 Å². The van der Waals surface area contributed by atoms with Crippen molar-refractivity contribution in [3.8, 4) is 0 Å². The maximum atomic E-state index is 3.72. The Morgan fingerprint density at radius 1 is 0.714 bits per heavy atom. The molecule has 3 aromatic rings. The van der Waals surface area contributed by atoms with E-state index in [-0.39, 0.29) is 21.7 Å². The van der Waals surface area contributed by atoms with E-state index in [2.05, 4.69) is 48.0 Å². The summed E-state index contributed by atoms with van der Waals surface area (Å²) in [6, 6.07) is 29.6. The van der Waals surface area contributed by atoms with Crippen molar-refractivity contribution in [2.75, 3.05) is 0 Å². The average molecular weight is 497 g/mol. The maximum Gasteiger partial charge on any atom is 4.00 e. The third kappa shape index (κ3) is 10.6. The summed E-state index contributed by atoms with van der Waals surface area (Å²) in [5.74, 6) is 0.784. The van der Waals surface area contributed by atoms with Gasteiger partial charge in [-0.3, -0.25) is 0 Å². The Bertz CT molecular complexity index is 925. The second-order valence-electron chi connectivity index (χ2n) is 8.76. The molecule has 0 bridgehead atoms. The van der Waals surface area contributed by atoms with Gasteiger partial charge in [0, 0.05) is 0 Å². The molecular weight excluding hydrogens is 456 g/mol. The van der Waals surface area contributed by atoms with Gasteiger partial charge < -0.3 is 0 Å². The van der Waals surface area contributed by atoms with Crippen LogP contribution in [0, 0.1) is 33.1 Å². The molecule has 2 aliphatic carbocycles. The minimum atomic E-state index is 0. The third-order valence-electron chi connectivity index (χ3n) is 6.22. The second-order valence-corrected chi connectivity index (χ2v) is 8.76. The fourth-order valence-electron chi connectivity index (χ4n) is 4.28. The van der Waals surface area contributed by atoms with Crippen molar-refractivity contribution < 1.29 is 21.7 Å². The van der Waals surface area contributed by atoms with Gasteiger partial charge in [0.05, 0.1) is 0 Å². The number of rotatable bonds is 1. The van der Waals surface area contributed by atoms with Gasteiger partial charge in [0.15, 0.2) is 0 Å². The minimum Gasteiger partial charge on any atom is -0.199 e. The third-order valence-corrected chi connectivity index (χ3v) is 6.22. The molecule has 35 heavy (non-hydrogen) atoms. The number of hydrogen-bond donors (Lipinski definition) is 0. The van der Waals surface area contributed by atoms with Gasteiger partial charge in [-0.15, -0.1) is 42.0 Å². The van der Waals surface area contributed by atoms with Crippen LogP contribution in [0.15, 0.2) is 113 Å². The van der Waals surface area contributed by atoms with Crippen LogP contribution in [0.25, 0.3) is 0 Å². The molecule has 0 aliphatic heterocycles. The summed E-state index contributed by atoms with van der Waals surface area (Å²) in [7, 11) is 0. The Morgan fingerprint density at radius 2 is 1.11 bits per heavy atom. The summed E-state index contributed by atoms with van der Waals surface area (Å²) in [5.41, 5.74) is 9.76. The zero-order valence-electron chi connectivity index (χ0n) is 21.8. The number of hydrogen-bond acceptors (Lipinski definition) is 0. The molecule has 180 valence electrons. The van der Waals surface area contributed by atoms with Gasteiger partial charge in [-0.25, -0.2) is 0 Å². The Hall–Kier alpha value is -2.67. The largest absolute Gasteiger partial charge is 4.00 e. The first kappa shape index (κ1) is 30.4. The summed E-state index contributed by atoms with van der Waals surface area (Å²) < 4.78 is 0. The molecule has 0 saturated heterocycles. The SMILES string of the molecule is CCC1C(C)=C(C)C2=C1CCC[CH-]2.[CH2-]c1ccccc1.[CH2-]c1ccccc1.[CH2-]c1ccccc1.[Ti+4]. The smallest absolute Gasteiger partial charge is 0.199 e. The van der Waals surface area contributed by atoms with Gasteiger partial charge in [-0.2, -0.15) is 97.0 Å². The zero-order valence-corrected chi connectivity index (χ0v) is 23.3. The molecule has 0 spiro atoms. The monoisotopic (exact) mass is 496 g/mol. The van der Waals surface area contributed by atoms with Gasteiger partial charge in [0.25, 0.3) is 0 Å². The van der Waals surface area contributed by atoms with Gasteiger partial charge in [-0.05, 0) is 0 Å². The van der Waals surface area contributed by atoms with Crippen molar-refractivity contribution in [3.63, 3.8) is 0 Å². The fourth-order valence-corrected chi connectivity index (χ4v) is 4.28. The topological polar surface area (TPSA) is 0 Å². The first-order chi connectivity index (χ1) is 16.4. The number of benzene rings is 3. The molecule has 1 heteroatoms. The summed E-state index contributed by atoms with van der Waals surface area (Å²) in [6.45, 7) is 18.1. The molecule has 2 aliphatic rings. The minimum absolute atomic E-state index is 0. The van der Waals surface area contributed by atoms with Crippen LogP contribution in [0.4, 0.5) is 0 Å². The van der Waals surface area contributed by atoms with E-state index in [4.69, 9.17) is 0 Å². The van der Waals surface area contributed by atoms with Crippen molar-refractivity contribution >= 4 is 0 Å². The molecule has 3 aromatic carbocycles. The van der Waals surface area contributed by atoms with Crippen molar-refractivity contribution in [1.29, 1.82) is 0 Å². The molecule has 0 aromatic heterocycles. The van der Waals surface area contributed by atoms with Crippen LogP contribution in [0.1, 0.15) is 63.1 Å². The van der Waals surface area contributed by atoms with E-state index in [1.165, 1.54) is 25.7 Å². The Kier molecular flexibility index (Phi) is 14.6. The van der Waals surface area contributed by atoms with Crippen LogP contribution in [0.2, 0.25) is 0 Å². The quantitative estimate of drug-likeness (QED) is 0.232. The van der Waals surface area contributed by atoms with Gasteiger partial charge in [0.1, 0.15) is 0 Å². The Balaban J connectivity index is 0.000000243. The molecule has 0 saturated carbocycles. The van der Waals surface area contributed by atoms with Crippen LogP contribution < -0.4 is 0 Å². The van der Waals surface area contributed by atoms with Gasteiger partial charge in [0.2, 0.25) is 0 Å². The van der Waals surface area contributed by atoms with E-state index >= 15 is 0 Å². The van der Waals surface area contributed by atoms with Crippen LogP contribution in [-0.4, -0.2) is 0 Å². The van der Waals surface area contributed by atoms with Crippen molar-refractivity contribution in [2.24, 2.45) is 5.92 Å². The van der Waals surface area contributed by atoms with Gasteiger partial charge in [-0.1, -0.05) is 70.6 Å².